The number of hydrogen-bond acceptors (Lipinski definition) is 4. The summed E-state index contributed by atoms with van der Waals surface area (Å²) in [6, 6.07) is 9.64. The Morgan fingerprint density at radius 1 is 0.844 bits per heavy atom. The zero-order chi connectivity index (χ0) is 32.7. The third kappa shape index (κ3) is 9.03. The highest BCUT2D eigenvalue weighted by atomic mass is 31.1. The van der Waals surface area contributed by atoms with Crippen molar-refractivity contribution in [3.63, 3.8) is 0 Å². The molecular formula is C38H56NO5P. The van der Waals surface area contributed by atoms with Gasteiger partial charge >= 0.3 is 5.97 Å². The molecule has 2 aromatic carbocycles. The second-order valence-corrected chi connectivity index (χ2v) is 16.9. The Kier molecular flexibility index (Phi) is 12.8. The molecular weight excluding hydrogens is 581 g/mol. The van der Waals surface area contributed by atoms with Crippen LogP contribution >= 0.6 is 7.92 Å². The van der Waals surface area contributed by atoms with E-state index in [0.29, 0.717) is 29.1 Å². The van der Waals surface area contributed by atoms with E-state index in [-0.39, 0.29) is 18.1 Å². The average Bonchev–Trinajstić information content (AvgIpc) is 2.99. The molecule has 248 valence electrons. The maximum absolute atomic E-state index is 14.0. The summed E-state index contributed by atoms with van der Waals surface area (Å²) in [5.41, 5.74) is 4.51. The standard InChI is InChI=1S/C38H56NO5P/c1-24(2)22-32(38(41)42)39-37(40)31-23-27(7)35(43-25(3)4)34(36(31)44-26(5)6)30-20-14-15-21-33(30)45(28-16-10-8-11-17-28)29-18-12-9-13-19-29/h14-15,20-21,23-26,28-29,32H,8-13,16-19,22H2,1-7H3,(H,39,40)(H,41,42)/t32-/m0/s1. The molecule has 0 saturated heterocycles. The lowest BCUT2D eigenvalue weighted by atomic mass is 9.95. The second-order valence-electron chi connectivity index (χ2n) is 14.1. The zero-order valence-corrected chi connectivity index (χ0v) is 29.6. The molecule has 0 aliphatic heterocycles. The Balaban J connectivity index is 1.96. The number of hydrogen-bond donors (Lipinski definition) is 2. The van der Waals surface area contributed by atoms with Gasteiger partial charge < -0.3 is 19.9 Å². The predicted octanol–water partition coefficient (Wildman–Crippen LogP) is 9.24. The van der Waals surface area contributed by atoms with Crippen molar-refractivity contribution in [1.82, 2.24) is 5.32 Å². The summed E-state index contributed by atoms with van der Waals surface area (Å²) in [5.74, 6) is -0.131. The van der Waals surface area contributed by atoms with Crippen molar-refractivity contribution < 1.29 is 24.2 Å². The van der Waals surface area contributed by atoms with Gasteiger partial charge in [-0.3, -0.25) is 4.79 Å². The van der Waals surface area contributed by atoms with E-state index in [1.807, 2.05) is 54.5 Å². The van der Waals surface area contributed by atoms with Crippen LogP contribution in [0.4, 0.5) is 0 Å². The number of carbonyl (C=O) groups is 2. The molecule has 1 amide bonds. The molecule has 45 heavy (non-hydrogen) atoms. The van der Waals surface area contributed by atoms with Gasteiger partial charge in [-0.05, 0) is 106 Å². The van der Waals surface area contributed by atoms with Gasteiger partial charge in [-0.15, -0.1) is 0 Å². The van der Waals surface area contributed by atoms with Gasteiger partial charge in [-0.1, -0.05) is 84.6 Å². The van der Waals surface area contributed by atoms with E-state index < -0.39 is 25.8 Å². The van der Waals surface area contributed by atoms with Crippen LogP contribution in [0.3, 0.4) is 0 Å². The van der Waals surface area contributed by atoms with Crippen LogP contribution in [0, 0.1) is 12.8 Å². The SMILES string of the molecule is Cc1cc(C(=O)N[C@@H](CC(C)C)C(=O)O)c(OC(C)C)c(-c2ccccc2P(C2CCCCC2)C2CCCCC2)c1OC(C)C. The van der Waals surface area contributed by atoms with Gasteiger partial charge in [-0.2, -0.15) is 0 Å². The molecule has 2 aliphatic carbocycles. The highest BCUT2D eigenvalue weighted by molar-refractivity contribution is 7.67. The Bertz CT molecular complexity index is 1280. The average molecular weight is 638 g/mol. The lowest BCUT2D eigenvalue weighted by Gasteiger charge is -2.40. The molecule has 2 fully saturated rings. The van der Waals surface area contributed by atoms with E-state index in [0.717, 1.165) is 22.4 Å². The van der Waals surface area contributed by atoms with Crippen molar-refractivity contribution in [2.45, 2.75) is 149 Å². The van der Waals surface area contributed by atoms with E-state index in [1.54, 1.807) is 0 Å². The minimum atomic E-state index is -1.03. The lowest BCUT2D eigenvalue weighted by Crippen LogP contribution is -2.41. The Labute approximate surface area is 272 Å². The van der Waals surface area contributed by atoms with Crippen LogP contribution in [0.5, 0.6) is 11.5 Å². The number of ether oxygens (including phenoxy) is 2. The first-order valence-corrected chi connectivity index (χ1v) is 18.9. The van der Waals surface area contributed by atoms with Crippen molar-refractivity contribution >= 4 is 25.1 Å². The predicted molar refractivity (Wildman–Crippen MR) is 187 cm³/mol. The fourth-order valence-electron chi connectivity index (χ4n) is 7.19. The van der Waals surface area contributed by atoms with E-state index in [4.69, 9.17) is 9.47 Å². The summed E-state index contributed by atoms with van der Waals surface area (Å²) >= 11 is 0. The van der Waals surface area contributed by atoms with Gasteiger partial charge in [-0.25, -0.2) is 4.79 Å². The summed E-state index contributed by atoms with van der Waals surface area (Å²) in [4.78, 5) is 26.2. The second kappa shape index (κ2) is 16.3. The molecule has 2 aromatic rings. The molecule has 1 atom stereocenters. The molecule has 7 heteroatoms. The molecule has 0 radical (unpaired) electrons. The molecule has 0 bridgehead atoms. The van der Waals surface area contributed by atoms with Crippen LogP contribution in [0.25, 0.3) is 11.1 Å². The van der Waals surface area contributed by atoms with E-state index in [2.05, 4.69) is 29.6 Å². The molecule has 0 spiro atoms. The number of aliphatic carboxylic acids is 1. The first kappa shape index (κ1) is 35.3. The topological polar surface area (TPSA) is 84.9 Å². The Morgan fingerprint density at radius 3 is 1.89 bits per heavy atom. The van der Waals surface area contributed by atoms with Crippen LogP contribution in [-0.2, 0) is 4.79 Å². The fraction of sp³-hybridized carbons (Fsp3) is 0.632. The number of amides is 1. The third-order valence-electron chi connectivity index (χ3n) is 9.07. The highest BCUT2D eigenvalue weighted by Gasteiger charge is 2.36. The number of carbonyl (C=O) groups excluding carboxylic acids is 1. The lowest BCUT2D eigenvalue weighted by molar-refractivity contribution is -0.139. The number of benzene rings is 2. The zero-order valence-electron chi connectivity index (χ0n) is 28.7. The van der Waals surface area contributed by atoms with Crippen LogP contribution in [0.15, 0.2) is 30.3 Å². The molecule has 2 saturated carbocycles. The third-order valence-corrected chi connectivity index (χ3v) is 12.6. The van der Waals surface area contributed by atoms with Crippen LogP contribution < -0.4 is 20.1 Å². The minimum Gasteiger partial charge on any atom is -0.490 e. The fourth-order valence-corrected chi connectivity index (χ4v) is 11.1. The smallest absolute Gasteiger partial charge is 0.326 e. The van der Waals surface area contributed by atoms with Crippen molar-refractivity contribution in [2.24, 2.45) is 5.92 Å². The largest absolute Gasteiger partial charge is 0.490 e. The number of aryl methyl sites for hydroxylation is 1. The summed E-state index contributed by atoms with van der Waals surface area (Å²) in [6.45, 7) is 13.9. The molecule has 0 heterocycles. The maximum atomic E-state index is 14.0. The monoisotopic (exact) mass is 637 g/mol. The van der Waals surface area contributed by atoms with Crippen LogP contribution in [-0.4, -0.2) is 46.6 Å². The Morgan fingerprint density at radius 2 is 1.38 bits per heavy atom. The summed E-state index contributed by atoms with van der Waals surface area (Å²) < 4.78 is 13.2. The van der Waals surface area contributed by atoms with E-state index >= 15 is 0 Å². The Hall–Kier alpha value is -2.59. The molecule has 4 rings (SSSR count). The van der Waals surface area contributed by atoms with Crippen molar-refractivity contribution in [2.75, 3.05) is 0 Å². The summed E-state index contributed by atoms with van der Waals surface area (Å²) in [7, 11) is -0.458. The number of carboxylic acids is 1. The van der Waals surface area contributed by atoms with E-state index in [1.165, 1.54) is 69.5 Å². The molecule has 2 aliphatic rings. The van der Waals surface area contributed by atoms with Gasteiger partial charge in [0.25, 0.3) is 5.91 Å². The quantitative estimate of drug-likeness (QED) is 0.214. The first-order chi connectivity index (χ1) is 21.5. The van der Waals surface area contributed by atoms with Gasteiger partial charge in [0.15, 0.2) is 0 Å². The van der Waals surface area contributed by atoms with E-state index in [9.17, 15) is 14.7 Å². The number of rotatable bonds is 13. The summed E-state index contributed by atoms with van der Waals surface area (Å²) in [5, 5.41) is 14.2. The van der Waals surface area contributed by atoms with Gasteiger partial charge in [0.1, 0.15) is 17.5 Å². The molecule has 2 N–H and O–H groups in total. The van der Waals surface area contributed by atoms with Crippen molar-refractivity contribution in [3.05, 3.63) is 41.5 Å². The van der Waals surface area contributed by atoms with Crippen LogP contribution in [0.2, 0.25) is 0 Å². The molecule has 0 aromatic heterocycles. The highest BCUT2D eigenvalue weighted by Crippen LogP contribution is 2.57. The number of carboxylic acid groups (broad SMARTS) is 1. The maximum Gasteiger partial charge on any atom is 0.326 e. The molecule has 6 nitrogen and oxygen atoms in total. The summed E-state index contributed by atoms with van der Waals surface area (Å²) in [6.07, 6.45) is 13.1. The van der Waals surface area contributed by atoms with Crippen molar-refractivity contribution in [3.8, 4) is 22.6 Å². The minimum absolute atomic E-state index is 0.0816. The normalized spacial score (nSPS) is 17.2. The van der Waals surface area contributed by atoms with Crippen LogP contribution in [0.1, 0.15) is 128 Å². The van der Waals surface area contributed by atoms with Gasteiger partial charge in [0.05, 0.1) is 23.3 Å². The van der Waals surface area contributed by atoms with Crippen molar-refractivity contribution in [1.29, 1.82) is 0 Å². The molecule has 0 unspecified atom stereocenters. The van der Waals surface area contributed by atoms with Gasteiger partial charge in [0, 0.05) is 0 Å². The number of nitrogens with one attached hydrogen (secondary N) is 1. The van der Waals surface area contributed by atoms with Gasteiger partial charge in [0.2, 0.25) is 0 Å². The first-order valence-electron chi connectivity index (χ1n) is 17.4.